The minimum absolute atomic E-state index is 0.0553. The fraction of sp³-hybridized carbons (Fsp3) is 0.229. The normalized spacial score (nSPS) is 16.8. The summed E-state index contributed by atoms with van der Waals surface area (Å²) in [6.07, 6.45) is 8.34. The molecule has 0 unspecified atom stereocenters. The van der Waals surface area contributed by atoms with Crippen LogP contribution in [-0.2, 0) is 0 Å². The maximum absolute atomic E-state index is 9.94. The van der Waals surface area contributed by atoms with Crippen molar-refractivity contribution in [3.63, 3.8) is 0 Å². The first-order valence-electron chi connectivity index (χ1n) is 14.3. The van der Waals surface area contributed by atoms with E-state index < -0.39 is 0 Å². The van der Waals surface area contributed by atoms with Crippen molar-refractivity contribution in [3.05, 3.63) is 108 Å². The van der Waals surface area contributed by atoms with Gasteiger partial charge in [0.25, 0.3) is 0 Å². The molecule has 1 heterocycles. The lowest BCUT2D eigenvalue weighted by atomic mass is 9.75. The Balaban J connectivity index is 1.30. The number of H-pyrrole nitrogens is 1. The molecule has 6 rings (SSSR count). The van der Waals surface area contributed by atoms with Crippen molar-refractivity contribution in [3.8, 4) is 39.5 Å². The second-order valence-corrected chi connectivity index (χ2v) is 11.6. The predicted octanol–water partition coefficient (Wildman–Crippen LogP) is 8.00. The highest BCUT2D eigenvalue weighted by Crippen LogP contribution is 2.45. The second kappa shape index (κ2) is 12.4. The number of halogens is 1. The Labute approximate surface area is 251 Å². The predicted molar refractivity (Wildman–Crippen MR) is 172 cm³/mol. The van der Waals surface area contributed by atoms with Crippen molar-refractivity contribution in [2.75, 3.05) is 27.2 Å². The minimum atomic E-state index is 0.0553. The SMILES string of the molecule is CN(C)C/C=C/CN[C@H]1C[C@H](c2ccc(-c3ccccc3)cc2Oc2cc(-c3ccc(O)c(Cl)c3)cc3[nH]ncc23)C1. The number of aromatic nitrogens is 2. The van der Waals surface area contributed by atoms with Crippen LogP contribution < -0.4 is 10.1 Å². The summed E-state index contributed by atoms with van der Waals surface area (Å²) in [6, 6.07) is 26.7. The lowest BCUT2D eigenvalue weighted by Crippen LogP contribution is -2.40. The number of aromatic hydroxyl groups is 1. The molecule has 0 radical (unpaired) electrons. The second-order valence-electron chi connectivity index (χ2n) is 11.2. The topological polar surface area (TPSA) is 73.4 Å². The Morgan fingerprint density at radius 1 is 0.929 bits per heavy atom. The van der Waals surface area contributed by atoms with Crippen molar-refractivity contribution in [2.45, 2.75) is 24.8 Å². The fourth-order valence-electron chi connectivity index (χ4n) is 5.49. The van der Waals surface area contributed by atoms with Crippen molar-refractivity contribution in [1.82, 2.24) is 20.4 Å². The average Bonchev–Trinajstić information content (AvgIpc) is 3.45. The maximum atomic E-state index is 9.94. The molecule has 0 bridgehead atoms. The highest BCUT2D eigenvalue weighted by molar-refractivity contribution is 6.32. The molecule has 42 heavy (non-hydrogen) atoms. The van der Waals surface area contributed by atoms with Crippen LogP contribution in [-0.4, -0.2) is 53.4 Å². The molecule has 0 atom stereocenters. The number of hydrogen-bond acceptors (Lipinski definition) is 5. The molecule has 1 aliphatic rings. The van der Waals surface area contributed by atoms with Gasteiger partial charge in [0.05, 0.1) is 22.1 Å². The van der Waals surface area contributed by atoms with Gasteiger partial charge in [-0.1, -0.05) is 72.3 Å². The minimum Gasteiger partial charge on any atom is -0.506 e. The number of nitrogens with zero attached hydrogens (tertiary/aromatic N) is 2. The van der Waals surface area contributed by atoms with Crippen LogP contribution in [0, 0.1) is 0 Å². The van der Waals surface area contributed by atoms with Crippen molar-refractivity contribution >= 4 is 22.5 Å². The quantitative estimate of drug-likeness (QED) is 0.146. The van der Waals surface area contributed by atoms with Gasteiger partial charge in [0.2, 0.25) is 0 Å². The largest absolute Gasteiger partial charge is 0.506 e. The van der Waals surface area contributed by atoms with Crippen LogP contribution in [0.2, 0.25) is 5.02 Å². The van der Waals surface area contributed by atoms with E-state index in [1.165, 1.54) is 5.56 Å². The summed E-state index contributed by atoms with van der Waals surface area (Å²) in [5.41, 5.74) is 6.13. The summed E-state index contributed by atoms with van der Waals surface area (Å²) < 4.78 is 6.81. The van der Waals surface area contributed by atoms with Crippen LogP contribution in [0.3, 0.4) is 0 Å². The smallest absolute Gasteiger partial charge is 0.139 e. The number of phenolic OH excluding ortho intramolecular Hbond substituents is 1. The number of phenols is 1. The number of hydrogen-bond donors (Lipinski definition) is 3. The van der Waals surface area contributed by atoms with Gasteiger partial charge in [-0.2, -0.15) is 5.10 Å². The number of benzene rings is 4. The van der Waals surface area contributed by atoms with E-state index in [0.29, 0.717) is 22.7 Å². The van der Waals surface area contributed by atoms with E-state index in [1.54, 1.807) is 18.3 Å². The number of likely N-dealkylation sites (N-methyl/N-ethyl adjacent to an activating group) is 1. The fourth-order valence-corrected chi connectivity index (χ4v) is 5.67. The third-order valence-corrected chi connectivity index (χ3v) is 8.18. The Morgan fingerprint density at radius 3 is 2.48 bits per heavy atom. The molecule has 7 heteroatoms. The first kappa shape index (κ1) is 28.0. The number of aromatic amines is 1. The monoisotopic (exact) mass is 578 g/mol. The van der Waals surface area contributed by atoms with Crippen LogP contribution in [0.15, 0.2) is 97.2 Å². The lowest BCUT2D eigenvalue weighted by Gasteiger charge is -2.37. The molecule has 6 nitrogen and oxygen atoms in total. The molecule has 1 fully saturated rings. The zero-order valence-corrected chi connectivity index (χ0v) is 24.6. The van der Waals surface area contributed by atoms with Gasteiger partial charge in [-0.25, -0.2) is 0 Å². The number of rotatable bonds is 10. The molecule has 0 spiro atoms. The maximum Gasteiger partial charge on any atom is 0.139 e. The zero-order valence-electron chi connectivity index (χ0n) is 23.8. The van der Waals surface area contributed by atoms with Gasteiger partial charge in [0.15, 0.2) is 0 Å². The zero-order chi connectivity index (χ0) is 29.1. The van der Waals surface area contributed by atoms with E-state index in [9.17, 15) is 5.11 Å². The van der Waals surface area contributed by atoms with Gasteiger partial charge in [0, 0.05) is 19.1 Å². The van der Waals surface area contributed by atoms with Crippen molar-refractivity contribution in [1.29, 1.82) is 0 Å². The van der Waals surface area contributed by atoms with Gasteiger partial charge in [-0.15, -0.1) is 0 Å². The van der Waals surface area contributed by atoms with Crippen LogP contribution in [0.4, 0.5) is 0 Å². The van der Waals surface area contributed by atoms with E-state index in [2.05, 4.69) is 89.1 Å². The van der Waals surface area contributed by atoms with Gasteiger partial charge in [-0.05, 0) is 91.0 Å². The van der Waals surface area contributed by atoms with E-state index >= 15 is 0 Å². The molecule has 1 aliphatic carbocycles. The highest BCUT2D eigenvalue weighted by atomic mass is 35.5. The standard InChI is InChI=1S/C35H35ClN4O2/c1-40(2)15-7-6-14-37-28-16-27(17-28)29-12-10-25(23-8-4-3-5-9-23)20-34(29)42-35-21-26(19-32-30(35)22-38-39-32)24-11-13-33(41)31(36)18-24/h3-13,18-22,27-28,37,41H,14-17H2,1-2H3,(H,38,39)/b7-6+/t27-,28-. The third-order valence-electron chi connectivity index (χ3n) is 7.88. The van der Waals surface area contributed by atoms with Crippen LogP contribution in [0.1, 0.15) is 24.3 Å². The summed E-state index contributed by atoms with van der Waals surface area (Å²) in [5.74, 6) is 2.03. The van der Waals surface area contributed by atoms with Gasteiger partial charge in [0.1, 0.15) is 17.2 Å². The van der Waals surface area contributed by atoms with Crippen molar-refractivity contribution < 1.29 is 9.84 Å². The molecule has 0 aliphatic heterocycles. The highest BCUT2D eigenvalue weighted by Gasteiger charge is 2.32. The molecular weight excluding hydrogens is 544 g/mol. The molecule has 0 saturated heterocycles. The van der Waals surface area contributed by atoms with Crippen LogP contribution >= 0.6 is 11.6 Å². The van der Waals surface area contributed by atoms with E-state index in [4.69, 9.17) is 16.3 Å². The Hall–Kier alpha value is -4.10. The summed E-state index contributed by atoms with van der Waals surface area (Å²) in [7, 11) is 4.15. The van der Waals surface area contributed by atoms with Crippen LogP contribution in [0.25, 0.3) is 33.2 Å². The first-order chi connectivity index (χ1) is 20.4. The van der Waals surface area contributed by atoms with Gasteiger partial charge < -0.3 is 20.1 Å². The summed E-state index contributed by atoms with van der Waals surface area (Å²) in [6.45, 7) is 1.84. The molecule has 1 aromatic heterocycles. The molecular formula is C35H35ClN4O2. The Kier molecular flexibility index (Phi) is 8.29. The summed E-state index contributed by atoms with van der Waals surface area (Å²) in [5, 5.41) is 22.2. The van der Waals surface area contributed by atoms with Crippen LogP contribution in [0.5, 0.6) is 17.2 Å². The first-order valence-corrected chi connectivity index (χ1v) is 14.7. The number of fused-ring (bicyclic) bond motifs is 1. The average molecular weight is 579 g/mol. The number of ether oxygens (including phenoxy) is 1. The van der Waals surface area contributed by atoms with Crippen molar-refractivity contribution in [2.24, 2.45) is 0 Å². The van der Waals surface area contributed by atoms with E-state index in [-0.39, 0.29) is 5.75 Å². The van der Waals surface area contributed by atoms with E-state index in [0.717, 1.165) is 64.8 Å². The molecule has 1 saturated carbocycles. The number of nitrogens with one attached hydrogen (secondary N) is 2. The van der Waals surface area contributed by atoms with Gasteiger partial charge in [-0.3, -0.25) is 5.10 Å². The van der Waals surface area contributed by atoms with Gasteiger partial charge >= 0.3 is 0 Å². The summed E-state index contributed by atoms with van der Waals surface area (Å²) in [4.78, 5) is 2.16. The Bertz CT molecular complexity index is 1710. The third kappa shape index (κ3) is 6.21. The lowest BCUT2D eigenvalue weighted by molar-refractivity contribution is 0.294. The molecule has 0 amide bonds. The molecule has 5 aromatic rings. The summed E-state index contributed by atoms with van der Waals surface area (Å²) >= 11 is 6.24. The molecule has 214 valence electrons. The molecule has 3 N–H and O–H groups in total. The Morgan fingerprint density at radius 2 is 1.69 bits per heavy atom. The van der Waals surface area contributed by atoms with E-state index in [1.807, 2.05) is 24.3 Å². The molecule has 4 aromatic carbocycles.